The van der Waals surface area contributed by atoms with E-state index in [1.54, 1.807) is 5.32 Å². The first-order valence-corrected chi connectivity index (χ1v) is 41.7. The molecule has 77 heavy (non-hydrogen) atoms. The lowest BCUT2D eigenvalue weighted by Crippen LogP contribution is -2.71. The van der Waals surface area contributed by atoms with Gasteiger partial charge in [0.2, 0.25) is 22.1 Å². The van der Waals surface area contributed by atoms with Crippen molar-refractivity contribution in [3.8, 4) is 0 Å². The Hall–Kier alpha value is 1.86. The summed E-state index contributed by atoms with van der Waals surface area (Å²) in [5.41, 5.74) is -12.3. The maximum absolute atomic E-state index is 12.6. The molecular weight excluding hydrogens is 1370 g/mol. The molecule has 0 radical (unpaired) electrons. The summed E-state index contributed by atoms with van der Waals surface area (Å²) in [5, 5.41) is -9.11. The van der Waals surface area contributed by atoms with Crippen molar-refractivity contribution in [3.63, 3.8) is 0 Å². The van der Waals surface area contributed by atoms with Crippen molar-refractivity contribution in [2.24, 2.45) is 11.5 Å². The smallest absolute Gasteiger partial charge is 0.329 e. The first-order valence-electron chi connectivity index (χ1n) is 18.2. The van der Waals surface area contributed by atoms with E-state index in [9.17, 15) is 201 Å². The fourth-order valence-electron chi connectivity index (χ4n) is 7.12. The largest absolute Gasteiger partial charge is 0.355 e. The van der Waals surface area contributed by atoms with Crippen LogP contribution in [-0.4, -0.2) is 236 Å². The van der Waals surface area contributed by atoms with Gasteiger partial charge in [-0.25, -0.2) is 9.80 Å². The predicted molar refractivity (Wildman–Crippen MR) is 249 cm³/mol. The van der Waals surface area contributed by atoms with Crippen LogP contribution >= 0.6 is 106 Å². The molecule has 62 heteroatoms. The average molecular weight is 1420 g/mol. The third-order valence-electron chi connectivity index (χ3n) is 8.91. The van der Waals surface area contributed by atoms with Crippen LogP contribution in [0.4, 0.5) is 0 Å². The molecule has 0 aliphatic rings. The van der Waals surface area contributed by atoms with Crippen LogP contribution < -0.4 is 22.1 Å². The van der Waals surface area contributed by atoms with E-state index in [-0.39, 0.29) is 6.54 Å². The van der Waals surface area contributed by atoms with Crippen LogP contribution in [-0.2, 0) is 63.9 Å². The van der Waals surface area contributed by atoms with Gasteiger partial charge < -0.3 is 159 Å². The molecule has 1 unspecified atom stereocenters. The lowest BCUT2D eigenvalue weighted by Gasteiger charge is -2.55. The number of rotatable bonds is 31. The highest BCUT2D eigenvalue weighted by Gasteiger charge is 2.77. The van der Waals surface area contributed by atoms with Crippen molar-refractivity contribution >= 4 is 106 Å². The zero-order valence-corrected chi connectivity index (χ0v) is 49.4. The number of nitrogens with zero attached hydrogens (tertiary/aromatic N) is 2. The predicted octanol–water partition coefficient (Wildman–Crippen LogP) is -8.62. The van der Waals surface area contributed by atoms with E-state index in [4.69, 9.17) is 11.5 Å². The summed E-state index contributed by atoms with van der Waals surface area (Å²) in [6.07, 6.45) is 0. The third-order valence-corrected chi connectivity index (χ3v) is 34.8. The SMILES string of the molecule is NCCNCC(C(P(=O)(O)O)P(=O)(O)O)(C(P(=O)(O)O)P(=O)(O)O)N(C(P(=O)(O)O)P(=O)(O)O)C(P(=O)(O)O)P(=O)(O)O.NCCNCC(C(P(=O)(O)O)P(=O)(O)O)N(C(P(=O)(O)O)P(=O)(O)O)C(P(=O)(O)O)P(=O)(O)O. The highest BCUT2D eigenvalue weighted by atomic mass is 31.3. The molecule has 0 saturated carbocycles. The Morgan fingerprint density at radius 1 is 0.325 bits per heavy atom. The summed E-state index contributed by atoms with van der Waals surface area (Å²) in [7, 11) is -95.7. The van der Waals surface area contributed by atoms with Gasteiger partial charge in [-0.2, -0.15) is 0 Å². The average Bonchev–Trinajstić information content (AvgIpc) is 3.02. The topological polar surface area (TPSA) is 888 Å². The van der Waals surface area contributed by atoms with E-state index in [0.717, 1.165) is 0 Å². The van der Waals surface area contributed by atoms with Gasteiger partial charge >= 0.3 is 106 Å². The minimum atomic E-state index is -7.18. The second-order valence-electron chi connectivity index (χ2n) is 15.2. The van der Waals surface area contributed by atoms with Gasteiger partial charge in [0.1, 0.15) is 0 Å². The maximum atomic E-state index is 12.6. The van der Waals surface area contributed by atoms with Crippen LogP contribution in [0.5, 0.6) is 0 Å². The Morgan fingerprint density at radius 3 is 0.727 bits per heavy atom. The summed E-state index contributed by atoms with van der Waals surface area (Å²) in [6.45, 7) is -6.29. The quantitative estimate of drug-likeness (QED) is 0.0226. The molecule has 0 aliphatic heterocycles. The van der Waals surface area contributed by atoms with Crippen LogP contribution in [0.2, 0.25) is 0 Å². The molecular formula is C15H54N6O42P14. The van der Waals surface area contributed by atoms with Crippen molar-refractivity contribution < 1.29 is 201 Å². The highest BCUT2D eigenvalue weighted by molar-refractivity contribution is 7.75. The van der Waals surface area contributed by atoms with Gasteiger partial charge in [0, 0.05) is 39.3 Å². The first kappa shape index (κ1) is 80.9. The fourth-order valence-corrected chi connectivity index (χ4v) is 29.9. The second kappa shape index (κ2) is 27.3. The van der Waals surface area contributed by atoms with Crippen molar-refractivity contribution in [1.82, 2.24) is 20.4 Å². The summed E-state index contributed by atoms with van der Waals surface area (Å²) < 4.78 is 172. The van der Waals surface area contributed by atoms with Gasteiger partial charge in [-0.05, 0) is 0 Å². The molecule has 0 aliphatic carbocycles. The van der Waals surface area contributed by atoms with E-state index in [0.29, 0.717) is 0 Å². The van der Waals surface area contributed by atoms with E-state index < -0.39 is 199 Å². The summed E-state index contributed by atoms with van der Waals surface area (Å²) in [4.78, 5) is 270. The van der Waals surface area contributed by atoms with Crippen molar-refractivity contribution in [1.29, 1.82) is 0 Å². The van der Waals surface area contributed by atoms with E-state index >= 15 is 0 Å². The Balaban J connectivity index is 0. The Kier molecular flexibility index (Phi) is 28.7. The molecule has 0 aromatic carbocycles. The molecule has 1 atom stereocenters. The monoisotopic (exact) mass is 1420 g/mol. The molecule has 0 heterocycles. The Labute approximate surface area is 427 Å². The lowest BCUT2D eigenvalue weighted by molar-refractivity contribution is 0.0652. The second-order valence-corrected chi connectivity index (χ2v) is 41.6. The highest BCUT2D eigenvalue weighted by Crippen LogP contribution is 2.80. The molecule has 0 amide bonds. The Morgan fingerprint density at radius 2 is 0.545 bits per heavy atom. The Bertz CT molecular complexity index is 2430. The molecule has 48 nitrogen and oxygen atoms in total. The number of hydrogen-bond donors (Lipinski definition) is 32. The van der Waals surface area contributed by atoms with Gasteiger partial charge in [0.05, 0.1) is 11.6 Å². The van der Waals surface area contributed by atoms with Crippen molar-refractivity contribution in [3.05, 3.63) is 0 Å². The normalized spacial score (nSPS) is 16.0. The summed E-state index contributed by atoms with van der Waals surface area (Å²) in [5.74, 6) is 0. The standard InChI is InChI=1S/C8H29N3O24P8.C7H25N3O18P6/c9-1-2-10-3-8(4(36(12,13)14)37(15,16)17,5(38(18,19)20)39(21,22)23)11(6(40(24,25)26)41(27,28)29)7(42(30,31)32)43(33,34)35;8-1-2-9-3-4(5(29(11,12)13)30(14,15)16)10(6(31(17,18)19)32(20,21)22)7(33(23,24)25)34(26,27)28/h4-7,10H,1-3,9H2,(H2,12,13,14)(H2,15,16,17)(H2,18,19,20)(H2,21,22,23)(H2,24,25,26)(H2,27,28,29)(H2,30,31,32)(H2,33,34,35);4-7,9H,1-3,8H2,(H2,11,12,13)(H2,14,15,16)(H2,17,18,19)(H2,20,21,22)(H2,23,24,25)(H2,26,27,28). The maximum Gasteiger partial charge on any atom is 0.355 e. The van der Waals surface area contributed by atoms with E-state index in [1.165, 1.54) is 0 Å². The number of nitrogens with one attached hydrogen (secondary N) is 2. The van der Waals surface area contributed by atoms with Crippen LogP contribution in [0.25, 0.3) is 0 Å². The molecule has 34 N–H and O–H groups in total. The molecule has 0 fully saturated rings. The van der Waals surface area contributed by atoms with Crippen LogP contribution in [0, 0.1) is 0 Å². The van der Waals surface area contributed by atoms with Gasteiger partial charge in [-0.15, -0.1) is 0 Å². The molecule has 0 saturated heterocycles. The van der Waals surface area contributed by atoms with Gasteiger partial charge in [-0.1, -0.05) is 0 Å². The van der Waals surface area contributed by atoms with Crippen LogP contribution in [0.1, 0.15) is 0 Å². The molecule has 0 rings (SSSR count). The lowest BCUT2D eigenvalue weighted by atomic mass is 10.0. The van der Waals surface area contributed by atoms with Crippen molar-refractivity contribution in [2.45, 2.75) is 49.9 Å². The molecule has 0 bridgehead atoms. The zero-order chi connectivity index (χ0) is 62.9. The molecule has 0 aromatic heterocycles. The first-order chi connectivity index (χ1) is 33.1. The van der Waals surface area contributed by atoms with E-state index in [1.807, 2.05) is 0 Å². The van der Waals surface area contributed by atoms with E-state index in [2.05, 4.69) is 5.32 Å². The third kappa shape index (κ3) is 23.2. The number of hydrogen-bond acceptors (Lipinski definition) is 20. The van der Waals surface area contributed by atoms with Crippen LogP contribution in [0.3, 0.4) is 0 Å². The summed E-state index contributed by atoms with van der Waals surface area (Å²) >= 11 is 0. The van der Waals surface area contributed by atoms with Crippen LogP contribution in [0.15, 0.2) is 0 Å². The van der Waals surface area contributed by atoms with Gasteiger partial charge in [-0.3, -0.25) is 63.9 Å². The van der Waals surface area contributed by atoms with Gasteiger partial charge in [0.15, 0.2) is 16.2 Å². The minimum Gasteiger partial charge on any atom is -0.329 e. The van der Waals surface area contributed by atoms with Crippen molar-refractivity contribution in [2.75, 3.05) is 39.3 Å². The minimum absolute atomic E-state index is 0.329. The number of nitrogens with two attached hydrogens (primary N) is 2. The van der Waals surface area contributed by atoms with Gasteiger partial charge in [0.25, 0.3) is 0 Å². The summed E-state index contributed by atoms with van der Waals surface area (Å²) in [6, 6.07) is -3.12. The molecule has 0 spiro atoms. The zero-order valence-electron chi connectivity index (χ0n) is 36.9. The fraction of sp³-hybridized carbons (Fsp3) is 1.00. The molecule has 466 valence electrons. The molecule has 0 aromatic rings.